The van der Waals surface area contributed by atoms with Crippen LogP contribution in [0.1, 0.15) is 74.9 Å². The topological polar surface area (TPSA) is 188 Å². The first kappa shape index (κ1) is 41.6. The number of fused-ring (bicyclic) bond motifs is 1. The Morgan fingerprint density at radius 1 is 0.710 bits per heavy atom. The van der Waals surface area contributed by atoms with Crippen LogP contribution in [0.4, 0.5) is 14.0 Å². The van der Waals surface area contributed by atoms with Gasteiger partial charge in [-0.1, -0.05) is 62.4 Å². The summed E-state index contributed by atoms with van der Waals surface area (Å²) < 4.78 is 25.5. The number of H-pyrrole nitrogens is 2. The number of methoxy groups -OCH3 is 2. The zero-order valence-corrected chi connectivity index (χ0v) is 34.9. The predicted molar refractivity (Wildman–Crippen MR) is 229 cm³/mol. The van der Waals surface area contributed by atoms with E-state index in [1.165, 1.54) is 20.3 Å². The minimum atomic E-state index is -0.949. The zero-order valence-electron chi connectivity index (χ0n) is 34.9. The van der Waals surface area contributed by atoms with Gasteiger partial charge in [-0.05, 0) is 66.8 Å². The van der Waals surface area contributed by atoms with E-state index in [9.17, 15) is 19.2 Å². The van der Waals surface area contributed by atoms with Crippen LogP contribution in [-0.2, 0) is 19.1 Å². The third kappa shape index (κ3) is 8.44. The third-order valence-corrected chi connectivity index (χ3v) is 11.7. The van der Waals surface area contributed by atoms with E-state index in [1.807, 2.05) is 50.2 Å². The fourth-order valence-electron chi connectivity index (χ4n) is 8.44. The third-order valence-electron chi connectivity index (χ3n) is 11.7. The molecule has 5 heterocycles. The molecule has 8 rings (SSSR count). The number of carbonyl (C=O) groups excluding carboxylic acids is 4. The average Bonchev–Trinajstić information content (AvgIpc) is 4.14. The molecule has 4 N–H and O–H groups in total. The number of nitrogens with zero attached hydrogens (tertiary/aromatic N) is 5. The predicted octanol–water partition coefficient (Wildman–Crippen LogP) is 7.63. The number of likely N-dealkylation sites (tertiary alicyclic amines) is 2. The van der Waals surface area contributed by atoms with Crippen LogP contribution in [0.2, 0.25) is 0 Å². The molecule has 16 heteroatoms. The van der Waals surface area contributed by atoms with Gasteiger partial charge in [0.25, 0.3) is 5.91 Å². The lowest BCUT2D eigenvalue weighted by Crippen LogP contribution is -2.51. The summed E-state index contributed by atoms with van der Waals surface area (Å²) in [5.41, 5.74) is 4.31. The molecule has 2 aliphatic heterocycles. The molecule has 0 saturated carbocycles. The number of ether oxygens (including phenoxy) is 2. The van der Waals surface area contributed by atoms with Gasteiger partial charge in [0.15, 0.2) is 0 Å². The summed E-state index contributed by atoms with van der Waals surface area (Å²) in [5.74, 6) is 0.149. The Kier molecular flexibility index (Phi) is 12.0. The molecule has 0 radical (unpaired) electrons. The van der Waals surface area contributed by atoms with Gasteiger partial charge >= 0.3 is 12.2 Å². The number of rotatable bonds is 11. The number of nitrogens with one attached hydrogen (secondary N) is 4. The van der Waals surface area contributed by atoms with Crippen LogP contribution in [0.3, 0.4) is 0 Å². The van der Waals surface area contributed by atoms with E-state index >= 15 is 4.39 Å². The van der Waals surface area contributed by atoms with Crippen LogP contribution in [0.25, 0.3) is 44.5 Å². The van der Waals surface area contributed by atoms with Crippen molar-refractivity contribution in [3.8, 4) is 33.8 Å². The highest BCUT2D eigenvalue weighted by atomic mass is 19.1. The van der Waals surface area contributed by atoms with Gasteiger partial charge in [0.2, 0.25) is 5.91 Å². The van der Waals surface area contributed by atoms with Crippen LogP contribution in [0, 0.1) is 11.7 Å². The van der Waals surface area contributed by atoms with E-state index in [4.69, 9.17) is 9.47 Å². The van der Waals surface area contributed by atoms with Crippen LogP contribution < -0.4 is 10.6 Å². The Morgan fingerprint density at radius 2 is 1.34 bits per heavy atom. The lowest BCUT2D eigenvalue weighted by atomic mass is 10.0. The fourth-order valence-corrected chi connectivity index (χ4v) is 8.44. The van der Waals surface area contributed by atoms with Crippen LogP contribution in [0.5, 0.6) is 0 Å². The maximum absolute atomic E-state index is 15.9. The summed E-state index contributed by atoms with van der Waals surface area (Å²) in [6.45, 7) is 4.80. The molecule has 4 atom stereocenters. The second-order valence-electron chi connectivity index (χ2n) is 15.9. The molecule has 6 aromatic rings. The summed E-state index contributed by atoms with van der Waals surface area (Å²) in [5, 5.41) is 7.15. The van der Waals surface area contributed by atoms with Gasteiger partial charge in [-0.25, -0.2) is 23.9 Å². The maximum Gasteiger partial charge on any atom is 0.407 e. The quantitative estimate of drug-likeness (QED) is 0.102. The van der Waals surface area contributed by atoms with Gasteiger partial charge in [0, 0.05) is 41.4 Å². The van der Waals surface area contributed by atoms with Gasteiger partial charge < -0.3 is 39.9 Å². The normalized spacial score (nSPS) is 17.3. The van der Waals surface area contributed by atoms with Crippen molar-refractivity contribution in [2.24, 2.45) is 5.92 Å². The van der Waals surface area contributed by atoms with Gasteiger partial charge in [-0.2, -0.15) is 0 Å². The summed E-state index contributed by atoms with van der Waals surface area (Å²) in [6, 6.07) is 19.5. The molecule has 0 aliphatic carbocycles. The molecule has 15 nitrogen and oxygen atoms in total. The van der Waals surface area contributed by atoms with E-state index in [-0.39, 0.29) is 23.8 Å². The number of benzene rings is 3. The number of aromatic amines is 2. The Balaban J connectivity index is 0.961. The lowest BCUT2D eigenvalue weighted by molar-refractivity contribution is -0.135. The maximum atomic E-state index is 15.9. The summed E-state index contributed by atoms with van der Waals surface area (Å²) in [7, 11) is 2.53. The molecule has 62 heavy (non-hydrogen) atoms. The van der Waals surface area contributed by atoms with E-state index in [2.05, 4.69) is 35.6 Å². The number of carbonyl (C=O) groups is 4. The molecule has 3 aromatic heterocycles. The number of hydrogen-bond donors (Lipinski definition) is 4. The smallest absolute Gasteiger partial charge is 0.407 e. The van der Waals surface area contributed by atoms with Crippen molar-refractivity contribution in [3.63, 3.8) is 0 Å². The first-order valence-electron chi connectivity index (χ1n) is 20.7. The molecular formula is C46H48FN9O6. The number of imidazole rings is 2. The van der Waals surface area contributed by atoms with Gasteiger partial charge in [-0.3, -0.25) is 14.6 Å². The molecule has 3 aromatic carbocycles. The molecule has 2 saturated heterocycles. The number of halogens is 1. The monoisotopic (exact) mass is 841 g/mol. The van der Waals surface area contributed by atoms with Crippen LogP contribution >= 0.6 is 0 Å². The number of amides is 4. The number of hydrogen-bond acceptors (Lipinski definition) is 9. The highest BCUT2D eigenvalue weighted by Crippen LogP contribution is 2.36. The van der Waals surface area contributed by atoms with Gasteiger partial charge in [0.05, 0.1) is 55.8 Å². The first-order chi connectivity index (χ1) is 30.0. The van der Waals surface area contributed by atoms with Crippen LogP contribution in [-0.4, -0.2) is 92.1 Å². The van der Waals surface area contributed by atoms with Gasteiger partial charge in [0.1, 0.15) is 29.5 Å². The summed E-state index contributed by atoms with van der Waals surface area (Å²) in [6.07, 6.45) is 6.67. The highest BCUT2D eigenvalue weighted by molar-refractivity contribution is 5.90. The molecule has 2 aliphatic rings. The minimum absolute atomic E-state index is 0.133. The standard InChI is InChI=1S/C46H48FN9O6/c1-26(2)39(53-45(59)61-3)43(57)55-18-8-12-37(55)41-49-24-35(51-41)29-15-14-28-22-34(48-23-31(28)20-29)30-16-17-32(33(47)21-30)36-25-50-42(52-36)38-13-9-19-56(38)44(58)40(54-46(60)62-4)27-10-6-5-7-11-27/h5-7,10-11,14-17,20-26,37-40H,8-9,12-13,18-19H2,1-4H3,(H,49,51)(H,50,52)(H,53,59)(H,54,60)/t37-,38-,39-,40+/m0/s1. The van der Waals surface area contributed by atoms with Crippen LogP contribution in [0.15, 0.2) is 91.4 Å². The lowest BCUT2D eigenvalue weighted by Gasteiger charge is -2.30. The fraction of sp³-hybridized carbons (Fsp3) is 0.326. The van der Waals surface area contributed by atoms with Crippen molar-refractivity contribution in [1.29, 1.82) is 0 Å². The number of pyridine rings is 1. The van der Waals surface area contributed by atoms with E-state index in [0.29, 0.717) is 59.2 Å². The molecule has 0 spiro atoms. The Labute approximate surface area is 357 Å². The van der Waals surface area contributed by atoms with Crippen molar-refractivity contribution >= 4 is 34.8 Å². The molecule has 2 fully saturated rings. The van der Waals surface area contributed by atoms with E-state index < -0.39 is 36.1 Å². The molecule has 0 bridgehead atoms. The summed E-state index contributed by atoms with van der Waals surface area (Å²) >= 11 is 0. The minimum Gasteiger partial charge on any atom is -0.453 e. The molecule has 320 valence electrons. The largest absolute Gasteiger partial charge is 0.453 e. The Bertz CT molecular complexity index is 2610. The van der Waals surface area contributed by atoms with E-state index in [1.54, 1.807) is 58.7 Å². The SMILES string of the molecule is COC(=O)N[C@H](C(=O)N1CCC[C@H]1c1ncc(-c2ccc3cc(-c4ccc(-c5cnc([C@@H]6CCCN6C(=O)[C@H](NC(=O)OC)c6ccccc6)[nH]5)c(F)c4)ncc3c2)[nH]1)C(C)C. The zero-order chi connectivity index (χ0) is 43.5. The molecule has 0 unspecified atom stereocenters. The molecular weight excluding hydrogens is 794 g/mol. The van der Waals surface area contributed by atoms with E-state index in [0.717, 1.165) is 41.3 Å². The second kappa shape index (κ2) is 17.9. The number of aromatic nitrogens is 5. The van der Waals surface area contributed by atoms with Crippen molar-refractivity contribution < 1.29 is 33.0 Å². The first-order valence-corrected chi connectivity index (χ1v) is 20.7. The number of alkyl carbamates (subject to hydrolysis) is 2. The van der Waals surface area contributed by atoms with Crippen molar-refractivity contribution in [2.45, 2.75) is 63.7 Å². The highest BCUT2D eigenvalue weighted by Gasteiger charge is 2.39. The summed E-state index contributed by atoms with van der Waals surface area (Å²) in [4.78, 5) is 75.8. The van der Waals surface area contributed by atoms with Gasteiger partial charge in [-0.15, -0.1) is 0 Å². The average molecular weight is 842 g/mol. The van der Waals surface area contributed by atoms with Crippen molar-refractivity contribution in [1.82, 2.24) is 45.4 Å². The van der Waals surface area contributed by atoms with Crippen molar-refractivity contribution in [3.05, 3.63) is 114 Å². The Hall–Kier alpha value is -7.10. The molecule has 4 amide bonds. The van der Waals surface area contributed by atoms with Crippen molar-refractivity contribution in [2.75, 3.05) is 27.3 Å². The second-order valence-corrected chi connectivity index (χ2v) is 15.9. The Morgan fingerprint density at radius 3 is 2.00 bits per heavy atom.